The number of carbonyl (C=O) groups is 2. The van der Waals surface area contributed by atoms with Gasteiger partial charge in [0.1, 0.15) is 0 Å². The van der Waals surface area contributed by atoms with Gasteiger partial charge in [0.05, 0.1) is 10.6 Å². The first-order valence-corrected chi connectivity index (χ1v) is 8.55. The lowest BCUT2D eigenvalue weighted by Gasteiger charge is -2.00. The van der Waals surface area contributed by atoms with Gasteiger partial charge >= 0.3 is 0 Å². The van der Waals surface area contributed by atoms with Crippen LogP contribution in [0.5, 0.6) is 0 Å². The highest BCUT2D eigenvalue weighted by Gasteiger charge is 2.23. The van der Waals surface area contributed by atoms with Crippen LogP contribution in [0.4, 0.5) is 5.69 Å². The normalized spacial score (nSPS) is 17.0. The summed E-state index contributed by atoms with van der Waals surface area (Å²) in [5.41, 5.74) is 3.35. The summed E-state index contributed by atoms with van der Waals surface area (Å²) in [5.74, 6) is -0.313. The molecule has 0 unspecified atom stereocenters. The molecule has 2 aromatic carbocycles. The molecule has 0 radical (unpaired) electrons. The van der Waals surface area contributed by atoms with Crippen molar-refractivity contribution in [2.45, 2.75) is 6.92 Å². The molecule has 6 heteroatoms. The molecule has 126 valence electrons. The molecular formula is C19H17N3O2S. The zero-order valence-corrected chi connectivity index (χ0v) is 14.7. The van der Waals surface area contributed by atoms with Gasteiger partial charge in [-0.25, -0.2) is 4.99 Å². The summed E-state index contributed by atoms with van der Waals surface area (Å²) in [6.07, 6.45) is 1.78. The lowest BCUT2D eigenvalue weighted by Crippen LogP contribution is -2.19. The predicted molar refractivity (Wildman–Crippen MR) is 102 cm³/mol. The number of hydrogen-bond acceptors (Lipinski definition) is 4. The van der Waals surface area contributed by atoms with Gasteiger partial charge in [-0.1, -0.05) is 24.3 Å². The minimum Gasteiger partial charge on any atom is -0.355 e. The Labute approximate surface area is 150 Å². The van der Waals surface area contributed by atoms with Gasteiger partial charge in [-0.15, -0.1) is 0 Å². The predicted octanol–water partition coefficient (Wildman–Crippen LogP) is 3.25. The Bertz CT molecular complexity index is 886. The van der Waals surface area contributed by atoms with Crippen molar-refractivity contribution in [1.29, 1.82) is 0 Å². The largest absolute Gasteiger partial charge is 0.355 e. The highest BCUT2D eigenvalue weighted by Crippen LogP contribution is 2.28. The second-order valence-corrected chi connectivity index (χ2v) is 6.55. The molecule has 0 aliphatic carbocycles. The van der Waals surface area contributed by atoms with Gasteiger partial charge in [0.2, 0.25) is 0 Å². The van der Waals surface area contributed by atoms with E-state index >= 15 is 0 Å². The van der Waals surface area contributed by atoms with E-state index in [0.717, 1.165) is 16.8 Å². The fraction of sp³-hybridized carbons (Fsp3) is 0.105. The summed E-state index contributed by atoms with van der Waals surface area (Å²) < 4.78 is 0. The van der Waals surface area contributed by atoms with Crippen molar-refractivity contribution in [2.75, 3.05) is 7.05 Å². The maximum atomic E-state index is 12.1. The molecule has 0 aromatic heterocycles. The van der Waals surface area contributed by atoms with E-state index in [1.807, 2.05) is 31.2 Å². The minimum absolute atomic E-state index is 0.139. The lowest BCUT2D eigenvalue weighted by molar-refractivity contribution is -0.115. The summed E-state index contributed by atoms with van der Waals surface area (Å²) in [4.78, 5) is 28.7. The third kappa shape index (κ3) is 4.16. The van der Waals surface area contributed by atoms with E-state index in [2.05, 4.69) is 15.6 Å². The summed E-state index contributed by atoms with van der Waals surface area (Å²) in [6.45, 7) is 2.00. The standard InChI is InChI=1S/C19H17N3O2S/c1-12-4-3-5-15(10-12)21-19-22-18(24)16(25-19)11-13-6-8-14(9-7-13)17(23)20-2/h3-11H,1-2H3,(H,20,23)(H,21,22,24). The summed E-state index contributed by atoms with van der Waals surface area (Å²) in [7, 11) is 1.59. The Hall–Kier alpha value is -2.86. The van der Waals surface area contributed by atoms with Crippen molar-refractivity contribution in [1.82, 2.24) is 10.6 Å². The molecule has 2 aromatic rings. The van der Waals surface area contributed by atoms with Crippen molar-refractivity contribution >= 4 is 40.5 Å². The topological polar surface area (TPSA) is 70.6 Å². The number of nitrogens with one attached hydrogen (secondary N) is 2. The number of amidine groups is 1. The fourth-order valence-corrected chi connectivity index (χ4v) is 3.16. The number of carbonyl (C=O) groups excluding carboxylic acids is 2. The van der Waals surface area contributed by atoms with Crippen molar-refractivity contribution < 1.29 is 9.59 Å². The molecule has 25 heavy (non-hydrogen) atoms. The number of benzene rings is 2. The molecule has 2 N–H and O–H groups in total. The molecular weight excluding hydrogens is 334 g/mol. The molecule has 2 amide bonds. The molecule has 1 aliphatic rings. The molecule has 3 rings (SSSR count). The van der Waals surface area contributed by atoms with Crippen LogP contribution in [0.3, 0.4) is 0 Å². The highest BCUT2D eigenvalue weighted by atomic mass is 32.2. The van der Waals surface area contributed by atoms with E-state index in [4.69, 9.17) is 0 Å². The number of nitrogens with zero attached hydrogens (tertiary/aromatic N) is 1. The van der Waals surface area contributed by atoms with Crippen LogP contribution in [0.2, 0.25) is 0 Å². The Morgan fingerprint density at radius 2 is 1.96 bits per heavy atom. The van der Waals surface area contributed by atoms with Gasteiger partial charge < -0.3 is 10.6 Å². The van der Waals surface area contributed by atoms with Crippen molar-refractivity contribution in [3.63, 3.8) is 0 Å². The Morgan fingerprint density at radius 3 is 2.64 bits per heavy atom. The van der Waals surface area contributed by atoms with Crippen LogP contribution in [-0.2, 0) is 4.79 Å². The summed E-state index contributed by atoms with van der Waals surface area (Å²) in [6, 6.07) is 14.8. The van der Waals surface area contributed by atoms with Crippen molar-refractivity contribution in [3.8, 4) is 0 Å². The lowest BCUT2D eigenvalue weighted by atomic mass is 10.1. The average Bonchev–Trinajstić information content (AvgIpc) is 2.94. The van der Waals surface area contributed by atoms with Crippen LogP contribution in [0, 0.1) is 6.92 Å². The SMILES string of the molecule is CNC(=O)c1ccc(C=C2SC(=Nc3cccc(C)c3)NC2=O)cc1. The monoisotopic (exact) mass is 351 g/mol. The van der Waals surface area contributed by atoms with E-state index in [9.17, 15) is 9.59 Å². The van der Waals surface area contributed by atoms with Gasteiger partial charge in [0.25, 0.3) is 11.8 Å². The van der Waals surface area contributed by atoms with Crippen LogP contribution in [0.15, 0.2) is 58.4 Å². The van der Waals surface area contributed by atoms with Crippen molar-refractivity contribution in [2.24, 2.45) is 4.99 Å². The molecule has 1 saturated heterocycles. The zero-order chi connectivity index (χ0) is 17.8. The van der Waals surface area contributed by atoms with E-state index < -0.39 is 0 Å². The zero-order valence-electron chi connectivity index (χ0n) is 13.9. The van der Waals surface area contributed by atoms with Gasteiger partial charge in [-0.3, -0.25) is 9.59 Å². The quantitative estimate of drug-likeness (QED) is 0.834. The van der Waals surface area contributed by atoms with E-state index in [-0.39, 0.29) is 11.8 Å². The second kappa shape index (κ2) is 7.36. The molecule has 5 nitrogen and oxygen atoms in total. The number of hydrogen-bond donors (Lipinski definition) is 2. The van der Waals surface area contributed by atoms with Gasteiger partial charge in [-0.2, -0.15) is 0 Å². The first-order chi connectivity index (χ1) is 12.0. The van der Waals surface area contributed by atoms with Crippen LogP contribution in [0.1, 0.15) is 21.5 Å². The number of thioether (sulfide) groups is 1. The maximum Gasteiger partial charge on any atom is 0.264 e. The third-order valence-electron chi connectivity index (χ3n) is 3.58. The van der Waals surface area contributed by atoms with Gasteiger partial charge in [0, 0.05) is 12.6 Å². The molecule has 0 saturated carbocycles. The van der Waals surface area contributed by atoms with Crippen LogP contribution in [0.25, 0.3) is 6.08 Å². The number of aryl methyl sites for hydroxylation is 1. The van der Waals surface area contributed by atoms with Gasteiger partial charge in [-0.05, 0) is 60.2 Å². The second-order valence-electron chi connectivity index (χ2n) is 5.52. The average molecular weight is 351 g/mol. The molecule has 0 spiro atoms. The molecule has 0 atom stereocenters. The van der Waals surface area contributed by atoms with Crippen LogP contribution in [-0.4, -0.2) is 24.0 Å². The fourth-order valence-electron chi connectivity index (χ4n) is 2.32. The highest BCUT2D eigenvalue weighted by molar-refractivity contribution is 8.18. The Morgan fingerprint density at radius 1 is 1.20 bits per heavy atom. The molecule has 1 aliphatic heterocycles. The molecule has 1 heterocycles. The Balaban J connectivity index is 1.78. The number of amides is 2. The third-order valence-corrected chi connectivity index (χ3v) is 4.49. The minimum atomic E-state index is -0.174. The van der Waals surface area contributed by atoms with E-state index in [1.165, 1.54) is 11.8 Å². The van der Waals surface area contributed by atoms with Crippen molar-refractivity contribution in [3.05, 3.63) is 70.1 Å². The molecule has 0 bridgehead atoms. The van der Waals surface area contributed by atoms with E-state index in [0.29, 0.717) is 15.6 Å². The maximum absolute atomic E-state index is 12.1. The van der Waals surface area contributed by atoms with Crippen LogP contribution >= 0.6 is 11.8 Å². The summed E-state index contributed by atoms with van der Waals surface area (Å²) >= 11 is 1.30. The summed E-state index contributed by atoms with van der Waals surface area (Å²) in [5, 5.41) is 5.91. The first kappa shape index (κ1) is 17.0. The smallest absolute Gasteiger partial charge is 0.264 e. The van der Waals surface area contributed by atoms with Gasteiger partial charge in [0.15, 0.2) is 5.17 Å². The molecule has 1 fully saturated rings. The number of rotatable bonds is 3. The van der Waals surface area contributed by atoms with E-state index in [1.54, 1.807) is 37.4 Å². The Kier molecular flexibility index (Phi) is 5.00. The number of aliphatic imine (C=N–C) groups is 1. The van der Waals surface area contributed by atoms with Crippen LogP contribution < -0.4 is 10.6 Å². The first-order valence-electron chi connectivity index (χ1n) is 7.73.